The number of hydrogen-bond donors (Lipinski definition) is 1. The fraction of sp³-hybridized carbons (Fsp3) is 0. The Bertz CT molecular complexity index is 921. The van der Waals surface area contributed by atoms with E-state index in [2.05, 4.69) is 9.71 Å². The van der Waals surface area contributed by atoms with E-state index in [-0.39, 0.29) is 21.9 Å². The summed E-state index contributed by atoms with van der Waals surface area (Å²) in [5, 5.41) is 1.63. The Morgan fingerprint density at radius 3 is 2.39 bits per heavy atom. The molecule has 0 saturated carbocycles. The van der Waals surface area contributed by atoms with Gasteiger partial charge in [-0.15, -0.1) is 11.3 Å². The van der Waals surface area contributed by atoms with Crippen molar-refractivity contribution in [2.45, 2.75) is 4.90 Å². The van der Waals surface area contributed by atoms with Gasteiger partial charge >= 0.3 is 0 Å². The number of para-hydroxylation sites is 1. The molecule has 3 rings (SSSR count). The van der Waals surface area contributed by atoms with Crippen molar-refractivity contribution in [1.29, 1.82) is 0 Å². The molecule has 0 amide bonds. The molecule has 0 aliphatic heterocycles. The largest absolute Gasteiger partial charge is 0.287 e. The van der Waals surface area contributed by atoms with Gasteiger partial charge in [0.25, 0.3) is 10.0 Å². The number of thiazole rings is 1. The van der Waals surface area contributed by atoms with E-state index in [1.165, 1.54) is 23.5 Å². The van der Waals surface area contributed by atoms with Crippen LogP contribution in [0, 0.1) is 0 Å². The average molecular weight is 344 g/mol. The van der Waals surface area contributed by atoms with E-state index in [1.807, 2.05) is 0 Å². The van der Waals surface area contributed by atoms with E-state index in [1.54, 1.807) is 53.4 Å². The van der Waals surface area contributed by atoms with Crippen LogP contribution in [0.3, 0.4) is 0 Å². The lowest BCUT2D eigenvalue weighted by atomic mass is 10.1. The first-order valence-corrected chi connectivity index (χ1v) is 9.10. The van der Waals surface area contributed by atoms with E-state index < -0.39 is 10.0 Å². The standard InChI is InChI=1S/C16H12N2O3S2/c19-16(15-10-22-11-17-15)13-8-4-5-9-14(13)18-23(20,21)12-6-2-1-3-7-12/h1-11,18H. The summed E-state index contributed by atoms with van der Waals surface area (Å²) in [6.07, 6.45) is 0. The molecule has 0 unspecified atom stereocenters. The minimum atomic E-state index is -3.76. The first kappa shape index (κ1) is 15.4. The molecule has 0 atom stereocenters. The quantitative estimate of drug-likeness (QED) is 0.721. The summed E-state index contributed by atoms with van der Waals surface area (Å²) in [6, 6.07) is 14.5. The molecular weight excluding hydrogens is 332 g/mol. The van der Waals surface area contributed by atoms with Crippen molar-refractivity contribution < 1.29 is 13.2 Å². The molecule has 23 heavy (non-hydrogen) atoms. The topological polar surface area (TPSA) is 76.1 Å². The van der Waals surface area contributed by atoms with E-state index in [0.717, 1.165) is 0 Å². The van der Waals surface area contributed by atoms with E-state index in [4.69, 9.17) is 0 Å². The molecule has 2 aromatic carbocycles. The zero-order valence-electron chi connectivity index (χ0n) is 11.8. The number of benzene rings is 2. The van der Waals surface area contributed by atoms with Gasteiger partial charge in [0.05, 0.1) is 16.1 Å². The SMILES string of the molecule is O=C(c1cscn1)c1ccccc1NS(=O)(=O)c1ccccc1. The van der Waals surface area contributed by atoms with Gasteiger partial charge < -0.3 is 0 Å². The molecule has 0 saturated heterocycles. The average Bonchev–Trinajstić information content (AvgIpc) is 3.10. The van der Waals surface area contributed by atoms with Crippen LogP contribution in [0.25, 0.3) is 0 Å². The third kappa shape index (κ3) is 3.30. The zero-order chi connectivity index (χ0) is 16.3. The molecule has 116 valence electrons. The Hall–Kier alpha value is -2.51. The first-order valence-electron chi connectivity index (χ1n) is 6.68. The summed E-state index contributed by atoms with van der Waals surface area (Å²) in [5.41, 5.74) is 2.35. The third-order valence-electron chi connectivity index (χ3n) is 3.13. The summed E-state index contributed by atoms with van der Waals surface area (Å²) >= 11 is 1.31. The van der Waals surface area contributed by atoms with Gasteiger partial charge in [-0.05, 0) is 24.3 Å². The van der Waals surface area contributed by atoms with Gasteiger partial charge in [-0.25, -0.2) is 13.4 Å². The number of carbonyl (C=O) groups excluding carboxylic acids is 1. The highest BCUT2D eigenvalue weighted by atomic mass is 32.2. The molecule has 0 aliphatic rings. The predicted octanol–water partition coefficient (Wildman–Crippen LogP) is 3.17. The Balaban J connectivity index is 1.97. The maximum absolute atomic E-state index is 12.5. The molecule has 0 aliphatic carbocycles. The lowest BCUT2D eigenvalue weighted by Crippen LogP contribution is -2.16. The maximum Gasteiger partial charge on any atom is 0.261 e. The first-order chi connectivity index (χ1) is 11.1. The Morgan fingerprint density at radius 2 is 1.70 bits per heavy atom. The van der Waals surface area contributed by atoms with Crippen molar-refractivity contribution in [3.8, 4) is 0 Å². The minimum Gasteiger partial charge on any atom is -0.287 e. The second-order valence-corrected chi connectivity index (χ2v) is 7.07. The molecule has 5 nitrogen and oxygen atoms in total. The van der Waals surface area contributed by atoms with E-state index in [9.17, 15) is 13.2 Å². The van der Waals surface area contributed by atoms with Crippen molar-refractivity contribution in [2.75, 3.05) is 4.72 Å². The highest BCUT2D eigenvalue weighted by Crippen LogP contribution is 2.22. The molecule has 1 heterocycles. The van der Waals surface area contributed by atoms with Crippen LogP contribution in [0.15, 0.2) is 70.4 Å². The summed E-state index contributed by atoms with van der Waals surface area (Å²) in [5.74, 6) is -0.322. The van der Waals surface area contributed by atoms with Crippen LogP contribution < -0.4 is 4.72 Å². The molecule has 7 heteroatoms. The highest BCUT2D eigenvalue weighted by Gasteiger charge is 2.19. The second-order valence-electron chi connectivity index (χ2n) is 4.67. The van der Waals surface area contributed by atoms with Crippen LogP contribution in [-0.4, -0.2) is 19.2 Å². The van der Waals surface area contributed by atoms with Crippen LogP contribution in [0.5, 0.6) is 0 Å². The molecule has 0 spiro atoms. The number of ketones is 1. The number of sulfonamides is 1. The molecule has 0 fully saturated rings. The molecule has 3 aromatic rings. The maximum atomic E-state index is 12.5. The van der Waals surface area contributed by atoms with Crippen LogP contribution >= 0.6 is 11.3 Å². The Kier molecular flexibility index (Phi) is 4.22. The van der Waals surface area contributed by atoms with Crippen LogP contribution in [0.1, 0.15) is 16.1 Å². The van der Waals surface area contributed by atoms with Gasteiger partial charge in [-0.2, -0.15) is 0 Å². The van der Waals surface area contributed by atoms with E-state index in [0.29, 0.717) is 5.69 Å². The smallest absolute Gasteiger partial charge is 0.261 e. The van der Waals surface area contributed by atoms with Gasteiger partial charge in [0, 0.05) is 10.9 Å². The lowest BCUT2D eigenvalue weighted by molar-refractivity contribution is 0.103. The fourth-order valence-corrected chi connectivity index (χ4v) is 3.67. The molecular formula is C16H12N2O3S2. The van der Waals surface area contributed by atoms with Gasteiger partial charge in [0.15, 0.2) is 0 Å². The predicted molar refractivity (Wildman–Crippen MR) is 89.2 cm³/mol. The van der Waals surface area contributed by atoms with Crippen LogP contribution in [-0.2, 0) is 10.0 Å². The van der Waals surface area contributed by atoms with Gasteiger partial charge in [0.2, 0.25) is 5.78 Å². The van der Waals surface area contributed by atoms with Crippen LogP contribution in [0.4, 0.5) is 5.69 Å². The lowest BCUT2D eigenvalue weighted by Gasteiger charge is -2.11. The summed E-state index contributed by atoms with van der Waals surface area (Å²) in [4.78, 5) is 16.6. The number of aromatic nitrogens is 1. The van der Waals surface area contributed by atoms with E-state index >= 15 is 0 Å². The number of nitrogens with one attached hydrogen (secondary N) is 1. The van der Waals surface area contributed by atoms with Gasteiger partial charge in [-0.3, -0.25) is 9.52 Å². The van der Waals surface area contributed by atoms with Crippen molar-refractivity contribution in [3.63, 3.8) is 0 Å². The monoisotopic (exact) mass is 344 g/mol. The van der Waals surface area contributed by atoms with Crippen molar-refractivity contribution in [1.82, 2.24) is 4.98 Å². The summed E-state index contributed by atoms with van der Waals surface area (Å²) in [7, 11) is -3.76. The number of rotatable bonds is 5. The van der Waals surface area contributed by atoms with Crippen LogP contribution in [0.2, 0.25) is 0 Å². The minimum absolute atomic E-state index is 0.135. The Morgan fingerprint density at radius 1 is 1.00 bits per heavy atom. The third-order valence-corrected chi connectivity index (χ3v) is 5.10. The molecule has 1 N–H and O–H groups in total. The Labute approximate surface area is 137 Å². The normalized spacial score (nSPS) is 11.1. The number of hydrogen-bond acceptors (Lipinski definition) is 5. The zero-order valence-corrected chi connectivity index (χ0v) is 13.5. The molecule has 1 aromatic heterocycles. The summed E-state index contributed by atoms with van der Waals surface area (Å²) < 4.78 is 27.3. The van der Waals surface area contributed by atoms with Gasteiger partial charge in [-0.1, -0.05) is 30.3 Å². The molecule has 0 radical (unpaired) electrons. The fourth-order valence-electron chi connectivity index (χ4n) is 2.04. The number of nitrogens with zero attached hydrogens (tertiary/aromatic N) is 1. The summed E-state index contributed by atoms with van der Waals surface area (Å²) in [6.45, 7) is 0. The van der Waals surface area contributed by atoms with Crippen molar-refractivity contribution in [2.24, 2.45) is 0 Å². The second kappa shape index (κ2) is 6.31. The van der Waals surface area contributed by atoms with Crippen molar-refractivity contribution >= 4 is 32.8 Å². The highest BCUT2D eigenvalue weighted by molar-refractivity contribution is 7.92. The molecule has 0 bridgehead atoms. The number of carbonyl (C=O) groups is 1. The van der Waals surface area contributed by atoms with Gasteiger partial charge in [0.1, 0.15) is 5.69 Å². The van der Waals surface area contributed by atoms with Crippen molar-refractivity contribution in [3.05, 3.63) is 76.7 Å². The number of anilines is 1.